The highest BCUT2D eigenvalue weighted by Gasteiger charge is 2.26. The molecule has 1 aromatic rings. The molecule has 1 saturated heterocycles. The lowest BCUT2D eigenvalue weighted by Crippen LogP contribution is -2.46. The molecule has 1 aliphatic rings. The molecule has 2 rings (SSSR count). The van der Waals surface area contributed by atoms with Gasteiger partial charge in [-0.3, -0.25) is 4.79 Å². The second-order valence-electron chi connectivity index (χ2n) is 5.10. The van der Waals surface area contributed by atoms with E-state index in [9.17, 15) is 9.18 Å². The molecule has 0 saturated carbocycles. The Morgan fingerprint density at radius 1 is 1.43 bits per heavy atom. The highest BCUT2D eigenvalue weighted by molar-refractivity contribution is 14.1. The maximum atomic E-state index is 13.2. The van der Waals surface area contributed by atoms with Crippen molar-refractivity contribution in [3.05, 3.63) is 33.1 Å². The number of halogens is 3. The molecule has 6 heteroatoms. The van der Waals surface area contributed by atoms with Gasteiger partial charge in [-0.15, -0.1) is 12.4 Å². The van der Waals surface area contributed by atoms with Crippen molar-refractivity contribution in [2.24, 2.45) is 0 Å². The van der Waals surface area contributed by atoms with Crippen LogP contribution in [-0.4, -0.2) is 36.5 Å². The Morgan fingerprint density at radius 2 is 2.10 bits per heavy atom. The largest absolute Gasteiger partial charge is 0.336 e. The van der Waals surface area contributed by atoms with Crippen molar-refractivity contribution in [3.8, 4) is 0 Å². The van der Waals surface area contributed by atoms with E-state index in [2.05, 4.69) is 12.2 Å². The zero-order chi connectivity index (χ0) is 14.5. The van der Waals surface area contributed by atoms with Crippen LogP contribution in [0.3, 0.4) is 0 Å². The molecule has 1 N–H and O–H groups in total. The van der Waals surface area contributed by atoms with Gasteiger partial charge in [0.2, 0.25) is 0 Å². The summed E-state index contributed by atoms with van der Waals surface area (Å²) in [6, 6.07) is 4.68. The maximum absolute atomic E-state index is 13.2. The van der Waals surface area contributed by atoms with Crippen molar-refractivity contribution in [2.75, 3.05) is 19.6 Å². The minimum atomic E-state index is -0.296. The summed E-state index contributed by atoms with van der Waals surface area (Å²) in [5.74, 6) is -0.266. The molecule has 0 aromatic heterocycles. The van der Waals surface area contributed by atoms with Crippen LogP contribution in [0.15, 0.2) is 18.2 Å². The Labute approximate surface area is 145 Å². The van der Waals surface area contributed by atoms with Crippen LogP contribution in [-0.2, 0) is 0 Å². The van der Waals surface area contributed by atoms with Crippen molar-refractivity contribution < 1.29 is 9.18 Å². The van der Waals surface area contributed by atoms with Crippen LogP contribution in [0, 0.1) is 9.39 Å². The number of hydrogen-bond acceptors (Lipinski definition) is 2. The van der Waals surface area contributed by atoms with E-state index >= 15 is 0 Å². The zero-order valence-electron chi connectivity index (χ0n) is 12.1. The van der Waals surface area contributed by atoms with Crippen molar-refractivity contribution >= 4 is 40.9 Å². The van der Waals surface area contributed by atoms with E-state index in [-0.39, 0.29) is 24.1 Å². The molecule has 3 nitrogen and oxygen atoms in total. The molecule has 1 heterocycles. The van der Waals surface area contributed by atoms with Crippen LogP contribution >= 0.6 is 35.0 Å². The standard InChI is InChI=1S/C15H20FIN2O.ClH/c1-2-9-19(12-5-7-18-8-6-12)15(20)13-4-3-11(16)10-14(13)17;/h3-4,10,12,18H,2,5-9H2,1H3;1H. The van der Waals surface area contributed by atoms with Gasteiger partial charge in [-0.05, 0) is 73.1 Å². The molecule has 0 bridgehead atoms. The van der Waals surface area contributed by atoms with Gasteiger partial charge in [-0.1, -0.05) is 6.92 Å². The number of benzene rings is 1. The molecule has 118 valence electrons. The van der Waals surface area contributed by atoms with E-state index in [1.165, 1.54) is 12.1 Å². The summed E-state index contributed by atoms with van der Waals surface area (Å²) in [5, 5.41) is 3.32. The number of nitrogens with zero attached hydrogens (tertiary/aromatic N) is 1. The minimum Gasteiger partial charge on any atom is -0.336 e. The average molecular weight is 427 g/mol. The van der Waals surface area contributed by atoms with E-state index in [1.54, 1.807) is 6.07 Å². The van der Waals surface area contributed by atoms with Crippen LogP contribution in [0.25, 0.3) is 0 Å². The summed E-state index contributed by atoms with van der Waals surface area (Å²) < 4.78 is 13.9. The SMILES string of the molecule is CCCN(C(=O)c1ccc(F)cc1I)C1CCNCC1.Cl. The lowest BCUT2D eigenvalue weighted by atomic mass is 10.0. The van der Waals surface area contributed by atoms with Gasteiger partial charge in [0, 0.05) is 16.2 Å². The van der Waals surface area contributed by atoms with E-state index < -0.39 is 0 Å². The van der Waals surface area contributed by atoms with Gasteiger partial charge < -0.3 is 10.2 Å². The Morgan fingerprint density at radius 3 is 2.67 bits per heavy atom. The second-order valence-corrected chi connectivity index (χ2v) is 6.27. The number of rotatable bonds is 4. The lowest BCUT2D eigenvalue weighted by Gasteiger charge is -2.34. The first-order valence-electron chi connectivity index (χ1n) is 7.10. The molecule has 0 aliphatic carbocycles. The van der Waals surface area contributed by atoms with Crippen molar-refractivity contribution in [2.45, 2.75) is 32.2 Å². The first-order chi connectivity index (χ1) is 9.63. The highest BCUT2D eigenvalue weighted by Crippen LogP contribution is 2.20. The first-order valence-corrected chi connectivity index (χ1v) is 8.18. The number of nitrogens with one attached hydrogen (secondary N) is 1. The number of carbonyl (C=O) groups is 1. The molecule has 0 radical (unpaired) electrons. The van der Waals surface area contributed by atoms with Crippen LogP contribution in [0.5, 0.6) is 0 Å². The van der Waals surface area contributed by atoms with E-state index in [4.69, 9.17) is 0 Å². The zero-order valence-corrected chi connectivity index (χ0v) is 15.0. The van der Waals surface area contributed by atoms with Crippen LogP contribution in [0.1, 0.15) is 36.5 Å². The number of piperidine rings is 1. The van der Waals surface area contributed by atoms with Crippen molar-refractivity contribution in [1.29, 1.82) is 0 Å². The molecular weight excluding hydrogens is 406 g/mol. The van der Waals surface area contributed by atoms with Gasteiger partial charge in [0.15, 0.2) is 0 Å². The second kappa shape index (κ2) is 8.90. The predicted molar refractivity (Wildman–Crippen MR) is 93.6 cm³/mol. The Bertz CT molecular complexity index is 481. The predicted octanol–water partition coefficient (Wildman–Crippen LogP) is 3.46. The number of hydrogen-bond donors (Lipinski definition) is 1. The van der Waals surface area contributed by atoms with Crippen molar-refractivity contribution in [1.82, 2.24) is 10.2 Å². The Kier molecular flexibility index (Phi) is 7.90. The van der Waals surface area contributed by atoms with Crippen LogP contribution < -0.4 is 5.32 Å². The summed E-state index contributed by atoms with van der Waals surface area (Å²) in [6.45, 7) is 4.76. The number of carbonyl (C=O) groups excluding carboxylic acids is 1. The van der Waals surface area contributed by atoms with Gasteiger partial charge in [0.25, 0.3) is 5.91 Å². The topological polar surface area (TPSA) is 32.3 Å². The highest BCUT2D eigenvalue weighted by atomic mass is 127. The molecule has 0 unspecified atom stereocenters. The third kappa shape index (κ3) is 4.79. The molecule has 21 heavy (non-hydrogen) atoms. The van der Waals surface area contributed by atoms with Gasteiger partial charge in [-0.25, -0.2) is 4.39 Å². The van der Waals surface area contributed by atoms with Crippen LogP contribution in [0.2, 0.25) is 0 Å². The summed E-state index contributed by atoms with van der Waals surface area (Å²) in [4.78, 5) is 14.7. The van der Waals surface area contributed by atoms with Gasteiger partial charge in [0.05, 0.1) is 5.56 Å². The molecule has 0 spiro atoms. The van der Waals surface area contributed by atoms with E-state index in [0.717, 1.165) is 38.9 Å². The fourth-order valence-electron chi connectivity index (χ4n) is 2.63. The number of amides is 1. The third-order valence-electron chi connectivity index (χ3n) is 3.64. The Hall–Kier alpha value is -0.400. The molecule has 1 aromatic carbocycles. The maximum Gasteiger partial charge on any atom is 0.255 e. The van der Waals surface area contributed by atoms with Gasteiger partial charge in [0.1, 0.15) is 5.82 Å². The summed E-state index contributed by atoms with van der Waals surface area (Å²) in [5.41, 5.74) is 0.610. The molecular formula is C15H21ClFIN2O. The normalized spacial score (nSPS) is 15.4. The summed E-state index contributed by atoms with van der Waals surface area (Å²) >= 11 is 2.03. The fourth-order valence-corrected chi connectivity index (χ4v) is 3.33. The van der Waals surface area contributed by atoms with Crippen LogP contribution in [0.4, 0.5) is 4.39 Å². The van der Waals surface area contributed by atoms with E-state index in [0.29, 0.717) is 15.2 Å². The molecule has 1 amide bonds. The van der Waals surface area contributed by atoms with Gasteiger partial charge >= 0.3 is 0 Å². The quantitative estimate of drug-likeness (QED) is 0.748. The lowest BCUT2D eigenvalue weighted by molar-refractivity contribution is 0.0641. The first kappa shape index (κ1) is 18.6. The van der Waals surface area contributed by atoms with Crippen molar-refractivity contribution in [3.63, 3.8) is 0 Å². The van der Waals surface area contributed by atoms with E-state index in [1.807, 2.05) is 27.5 Å². The fraction of sp³-hybridized carbons (Fsp3) is 0.533. The summed E-state index contributed by atoms with van der Waals surface area (Å²) in [6.07, 6.45) is 2.92. The third-order valence-corrected chi connectivity index (χ3v) is 4.53. The van der Waals surface area contributed by atoms with Gasteiger partial charge in [-0.2, -0.15) is 0 Å². The smallest absolute Gasteiger partial charge is 0.255 e. The molecule has 1 fully saturated rings. The average Bonchev–Trinajstić information content (AvgIpc) is 2.45. The monoisotopic (exact) mass is 426 g/mol. The minimum absolute atomic E-state index is 0. The molecule has 0 atom stereocenters. The Balaban J connectivity index is 0.00000220. The summed E-state index contributed by atoms with van der Waals surface area (Å²) in [7, 11) is 0. The molecule has 1 aliphatic heterocycles.